The van der Waals surface area contributed by atoms with Crippen molar-refractivity contribution < 1.29 is 19.0 Å². The number of carbonyl (C=O) groups excluding carboxylic acids is 1. The first kappa shape index (κ1) is 21.4. The molecule has 162 valence electrons. The molecule has 0 aliphatic carbocycles. The molecule has 0 fully saturated rings. The minimum Gasteiger partial charge on any atom is -0.490 e. The third kappa shape index (κ3) is 5.06. The second kappa shape index (κ2) is 9.96. The van der Waals surface area contributed by atoms with Crippen LogP contribution >= 0.6 is 0 Å². The maximum atomic E-state index is 12.4. The van der Waals surface area contributed by atoms with Crippen molar-refractivity contribution in [3.05, 3.63) is 101 Å². The van der Waals surface area contributed by atoms with Crippen molar-refractivity contribution in [3.8, 4) is 11.5 Å². The first-order valence-corrected chi connectivity index (χ1v) is 10.7. The van der Waals surface area contributed by atoms with Gasteiger partial charge in [0.15, 0.2) is 17.2 Å². The lowest BCUT2D eigenvalue weighted by Crippen LogP contribution is -2.06. The fourth-order valence-electron chi connectivity index (χ4n) is 3.42. The highest BCUT2D eigenvalue weighted by Gasteiger charge is 2.25. The first-order valence-electron chi connectivity index (χ1n) is 10.7. The molecule has 0 radical (unpaired) electrons. The predicted octanol–water partition coefficient (Wildman–Crippen LogP) is 5.36. The maximum Gasteiger partial charge on any atom is 0.363 e. The molecule has 3 aromatic rings. The molecule has 0 bridgehead atoms. The highest BCUT2D eigenvalue weighted by Crippen LogP contribution is 2.30. The Hall–Kier alpha value is -3.86. The van der Waals surface area contributed by atoms with E-state index in [0.717, 1.165) is 23.1 Å². The second-order valence-electron chi connectivity index (χ2n) is 7.37. The molecule has 3 aromatic carbocycles. The molecule has 4 rings (SSSR count). The summed E-state index contributed by atoms with van der Waals surface area (Å²) in [6, 6.07) is 23.4. The van der Waals surface area contributed by atoms with Crippen molar-refractivity contribution in [1.29, 1.82) is 0 Å². The Bertz CT molecular complexity index is 1170. The third-order valence-corrected chi connectivity index (χ3v) is 5.06. The van der Waals surface area contributed by atoms with E-state index in [4.69, 9.17) is 14.2 Å². The zero-order chi connectivity index (χ0) is 22.3. The van der Waals surface area contributed by atoms with E-state index < -0.39 is 5.97 Å². The van der Waals surface area contributed by atoms with Crippen LogP contribution in [0.5, 0.6) is 11.5 Å². The third-order valence-electron chi connectivity index (χ3n) is 5.06. The van der Waals surface area contributed by atoms with Crippen LogP contribution in [0.2, 0.25) is 0 Å². The molecule has 5 heteroatoms. The van der Waals surface area contributed by atoms with Gasteiger partial charge in [0.1, 0.15) is 0 Å². The number of carbonyl (C=O) groups is 1. The van der Waals surface area contributed by atoms with Crippen LogP contribution in [-0.4, -0.2) is 25.1 Å². The molecule has 0 N–H and O–H groups in total. The van der Waals surface area contributed by atoms with Gasteiger partial charge in [0.05, 0.1) is 13.2 Å². The lowest BCUT2D eigenvalue weighted by molar-refractivity contribution is -0.129. The number of hydrogen-bond donors (Lipinski definition) is 0. The lowest BCUT2D eigenvalue weighted by Gasteiger charge is -2.12. The van der Waals surface area contributed by atoms with Gasteiger partial charge in [-0.25, -0.2) is 9.79 Å². The molecular formula is C27H25NO4. The summed E-state index contributed by atoms with van der Waals surface area (Å²) in [5.74, 6) is 1.15. The van der Waals surface area contributed by atoms with Gasteiger partial charge < -0.3 is 14.2 Å². The zero-order valence-electron chi connectivity index (χ0n) is 18.2. The Kier molecular flexibility index (Phi) is 6.66. The number of benzene rings is 3. The van der Waals surface area contributed by atoms with Crippen LogP contribution in [0.4, 0.5) is 0 Å². The van der Waals surface area contributed by atoms with Crippen molar-refractivity contribution >= 4 is 17.9 Å². The van der Waals surface area contributed by atoms with E-state index in [1.54, 1.807) is 6.08 Å². The second-order valence-corrected chi connectivity index (χ2v) is 7.37. The number of aryl methyl sites for hydroxylation is 1. The van der Waals surface area contributed by atoms with Crippen molar-refractivity contribution in [3.63, 3.8) is 0 Å². The standard InChI is InChI=1S/C27H25NO4/c1-3-30-25-18-21(13-14-24(25)31-16-15-20-10-5-4-6-11-20)17-23-27(29)32-26(28-23)22-12-8-7-9-19(22)2/h4-14,17-18H,3,15-16H2,1-2H3/b23-17-. The largest absolute Gasteiger partial charge is 0.490 e. The van der Waals surface area contributed by atoms with Crippen LogP contribution in [0.3, 0.4) is 0 Å². The van der Waals surface area contributed by atoms with Crippen LogP contribution < -0.4 is 9.47 Å². The van der Waals surface area contributed by atoms with E-state index in [2.05, 4.69) is 17.1 Å². The molecule has 1 heterocycles. The van der Waals surface area contributed by atoms with Gasteiger partial charge in [-0.05, 0) is 54.8 Å². The van der Waals surface area contributed by atoms with E-state index in [9.17, 15) is 4.79 Å². The molecule has 0 spiro atoms. The number of esters is 1. The number of cyclic esters (lactones) is 1. The molecule has 0 unspecified atom stereocenters. The minimum atomic E-state index is -0.468. The molecule has 32 heavy (non-hydrogen) atoms. The molecule has 0 aromatic heterocycles. The van der Waals surface area contributed by atoms with Crippen molar-refractivity contribution in [2.45, 2.75) is 20.3 Å². The van der Waals surface area contributed by atoms with Crippen LogP contribution in [0.1, 0.15) is 29.2 Å². The number of rotatable bonds is 8. The molecule has 0 saturated heterocycles. The topological polar surface area (TPSA) is 57.1 Å². The van der Waals surface area contributed by atoms with Gasteiger partial charge in [0.25, 0.3) is 0 Å². The van der Waals surface area contributed by atoms with Gasteiger partial charge in [-0.1, -0.05) is 54.6 Å². The zero-order valence-corrected chi connectivity index (χ0v) is 18.2. The van der Waals surface area contributed by atoms with E-state index in [-0.39, 0.29) is 5.70 Å². The Morgan fingerprint density at radius 1 is 0.938 bits per heavy atom. The van der Waals surface area contributed by atoms with Gasteiger partial charge in [0, 0.05) is 12.0 Å². The fraction of sp³-hybridized carbons (Fsp3) is 0.185. The van der Waals surface area contributed by atoms with Crippen LogP contribution in [0, 0.1) is 6.92 Å². The molecule has 1 aliphatic heterocycles. The van der Waals surface area contributed by atoms with Gasteiger partial charge in [-0.2, -0.15) is 0 Å². The average Bonchev–Trinajstić information content (AvgIpc) is 3.16. The molecular weight excluding hydrogens is 402 g/mol. The summed E-state index contributed by atoms with van der Waals surface area (Å²) in [7, 11) is 0. The van der Waals surface area contributed by atoms with E-state index in [0.29, 0.717) is 30.6 Å². The quantitative estimate of drug-likeness (QED) is 0.359. The SMILES string of the molecule is CCOc1cc(/C=C2\N=C(c3ccccc3C)OC2=O)ccc1OCCc1ccccc1. The molecule has 0 atom stereocenters. The summed E-state index contributed by atoms with van der Waals surface area (Å²) in [4.78, 5) is 16.8. The fourth-order valence-corrected chi connectivity index (χ4v) is 3.42. The summed E-state index contributed by atoms with van der Waals surface area (Å²) < 4.78 is 17.1. The molecule has 0 amide bonds. The number of nitrogens with zero attached hydrogens (tertiary/aromatic N) is 1. The van der Waals surface area contributed by atoms with Crippen LogP contribution in [-0.2, 0) is 16.0 Å². The van der Waals surface area contributed by atoms with Crippen molar-refractivity contribution in [2.24, 2.45) is 4.99 Å². The Morgan fingerprint density at radius 2 is 1.72 bits per heavy atom. The Balaban J connectivity index is 1.52. The Labute approximate surface area is 188 Å². The number of aliphatic imine (C=N–C) groups is 1. The summed E-state index contributed by atoms with van der Waals surface area (Å²) in [5.41, 5.74) is 4.06. The van der Waals surface area contributed by atoms with Gasteiger partial charge in [-0.3, -0.25) is 0 Å². The molecule has 1 aliphatic rings. The van der Waals surface area contributed by atoms with E-state index in [1.165, 1.54) is 5.56 Å². The number of hydrogen-bond acceptors (Lipinski definition) is 5. The van der Waals surface area contributed by atoms with Crippen molar-refractivity contribution in [2.75, 3.05) is 13.2 Å². The first-order chi connectivity index (χ1) is 15.6. The monoisotopic (exact) mass is 427 g/mol. The number of ether oxygens (including phenoxy) is 3. The van der Waals surface area contributed by atoms with Gasteiger partial charge in [0.2, 0.25) is 5.90 Å². The summed E-state index contributed by atoms with van der Waals surface area (Å²) in [6.45, 7) is 4.93. The predicted molar refractivity (Wildman–Crippen MR) is 125 cm³/mol. The van der Waals surface area contributed by atoms with Gasteiger partial charge in [-0.15, -0.1) is 0 Å². The van der Waals surface area contributed by atoms with Gasteiger partial charge >= 0.3 is 5.97 Å². The highest BCUT2D eigenvalue weighted by atomic mass is 16.6. The smallest absolute Gasteiger partial charge is 0.363 e. The van der Waals surface area contributed by atoms with E-state index in [1.807, 2.05) is 74.5 Å². The average molecular weight is 428 g/mol. The normalized spacial score (nSPS) is 14.2. The van der Waals surface area contributed by atoms with Crippen LogP contribution in [0.15, 0.2) is 83.5 Å². The highest BCUT2D eigenvalue weighted by molar-refractivity contribution is 6.13. The molecule has 0 saturated carbocycles. The summed E-state index contributed by atoms with van der Waals surface area (Å²) in [6.07, 6.45) is 2.50. The van der Waals surface area contributed by atoms with E-state index >= 15 is 0 Å². The maximum absolute atomic E-state index is 12.4. The van der Waals surface area contributed by atoms with Crippen LogP contribution in [0.25, 0.3) is 6.08 Å². The lowest BCUT2D eigenvalue weighted by atomic mass is 10.1. The summed E-state index contributed by atoms with van der Waals surface area (Å²) in [5, 5.41) is 0. The Morgan fingerprint density at radius 3 is 2.50 bits per heavy atom. The molecule has 5 nitrogen and oxygen atoms in total. The summed E-state index contributed by atoms with van der Waals surface area (Å²) >= 11 is 0. The minimum absolute atomic E-state index is 0.253. The van der Waals surface area contributed by atoms with Crippen molar-refractivity contribution in [1.82, 2.24) is 0 Å².